The normalized spacial score (nSPS) is 24.9. The Bertz CT molecular complexity index is 823. The summed E-state index contributed by atoms with van der Waals surface area (Å²) in [5, 5.41) is 0. The van der Waals surface area contributed by atoms with Crippen molar-refractivity contribution in [3.63, 3.8) is 0 Å². The highest BCUT2D eigenvalue weighted by Crippen LogP contribution is 2.41. The van der Waals surface area contributed by atoms with E-state index in [0.717, 1.165) is 44.7 Å². The predicted molar refractivity (Wildman–Crippen MR) is 124 cm³/mol. The van der Waals surface area contributed by atoms with Gasteiger partial charge in [0.05, 0.1) is 12.1 Å². The molecule has 0 aliphatic carbocycles. The number of anilines is 1. The minimum atomic E-state index is 0.155. The van der Waals surface area contributed by atoms with Gasteiger partial charge in [-0.1, -0.05) is 69.3 Å². The van der Waals surface area contributed by atoms with Crippen LogP contribution in [0.15, 0.2) is 60.7 Å². The van der Waals surface area contributed by atoms with Crippen molar-refractivity contribution in [1.29, 1.82) is 0 Å². The van der Waals surface area contributed by atoms with Crippen molar-refractivity contribution < 1.29 is 4.79 Å². The van der Waals surface area contributed by atoms with Crippen LogP contribution in [0.1, 0.15) is 45.1 Å². The third-order valence-corrected chi connectivity index (χ3v) is 6.52. The van der Waals surface area contributed by atoms with Gasteiger partial charge in [0.15, 0.2) is 0 Å². The van der Waals surface area contributed by atoms with Crippen LogP contribution in [0.2, 0.25) is 0 Å². The minimum Gasteiger partial charge on any atom is -0.319 e. The second-order valence-corrected chi connectivity index (χ2v) is 9.20. The van der Waals surface area contributed by atoms with E-state index in [1.807, 2.05) is 18.2 Å². The number of rotatable bonds is 6. The summed E-state index contributed by atoms with van der Waals surface area (Å²) in [5.74, 6) is 0.752. The maximum Gasteiger partial charge on any atom is 0.325 e. The Morgan fingerprint density at radius 3 is 2.30 bits per heavy atom. The number of fused-ring (bicyclic) bond motifs is 1. The monoisotopic (exact) mass is 405 g/mol. The molecule has 0 saturated carbocycles. The third-order valence-electron chi connectivity index (χ3n) is 6.52. The fourth-order valence-electron chi connectivity index (χ4n) is 5.33. The van der Waals surface area contributed by atoms with Crippen LogP contribution in [0.5, 0.6) is 0 Å². The summed E-state index contributed by atoms with van der Waals surface area (Å²) in [6.45, 7) is 10.7. The summed E-state index contributed by atoms with van der Waals surface area (Å²) in [6, 6.07) is 21.7. The largest absolute Gasteiger partial charge is 0.325 e. The lowest BCUT2D eigenvalue weighted by atomic mass is 9.86. The highest BCUT2D eigenvalue weighted by molar-refractivity contribution is 5.96. The highest BCUT2D eigenvalue weighted by Gasteiger charge is 2.51. The Kier molecular flexibility index (Phi) is 6.43. The fraction of sp³-hybridized carbons (Fsp3) is 0.500. The average Bonchev–Trinajstić information content (AvgIpc) is 2.90. The topological polar surface area (TPSA) is 26.8 Å². The van der Waals surface area contributed by atoms with Crippen molar-refractivity contribution >= 4 is 11.7 Å². The molecule has 160 valence electrons. The van der Waals surface area contributed by atoms with Gasteiger partial charge in [0.25, 0.3) is 0 Å². The standard InChI is InChI=1S/C26H35N3O/c1-4-16-27-17-15-24-25(23(19-27)21-11-7-5-8-12-21)29(22-13-9-6-10-14-22)26(30)28(24)18-20(2)3/h5-14,20,23-25H,4,15-19H2,1-3H3/t23-,24-,25+/m1/s1. The summed E-state index contributed by atoms with van der Waals surface area (Å²) in [4.78, 5) is 20.6. The first-order valence-corrected chi connectivity index (χ1v) is 11.5. The molecule has 4 heteroatoms. The second-order valence-electron chi connectivity index (χ2n) is 9.20. The SMILES string of the molecule is CCCN1CC[C@@H]2[C@H]([C@@H](c3ccccc3)C1)N(c1ccccc1)C(=O)N2CC(C)C. The summed E-state index contributed by atoms with van der Waals surface area (Å²) >= 11 is 0. The average molecular weight is 406 g/mol. The number of hydrogen-bond donors (Lipinski definition) is 0. The molecule has 2 fully saturated rings. The van der Waals surface area contributed by atoms with Crippen LogP contribution >= 0.6 is 0 Å². The van der Waals surface area contributed by atoms with Crippen molar-refractivity contribution in [2.24, 2.45) is 5.92 Å². The molecule has 2 heterocycles. The maximum absolute atomic E-state index is 13.7. The van der Waals surface area contributed by atoms with Crippen LogP contribution in [0, 0.1) is 5.92 Å². The molecule has 0 aromatic heterocycles. The van der Waals surface area contributed by atoms with Crippen molar-refractivity contribution in [1.82, 2.24) is 9.80 Å². The van der Waals surface area contributed by atoms with Crippen LogP contribution < -0.4 is 4.90 Å². The molecular weight excluding hydrogens is 370 g/mol. The molecule has 2 aliphatic heterocycles. The van der Waals surface area contributed by atoms with Gasteiger partial charge in [0.1, 0.15) is 0 Å². The fourth-order valence-corrected chi connectivity index (χ4v) is 5.33. The molecule has 4 nitrogen and oxygen atoms in total. The first kappa shape index (κ1) is 20.9. The lowest BCUT2D eigenvalue weighted by Crippen LogP contribution is -2.43. The number of urea groups is 1. The number of amides is 2. The zero-order valence-corrected chi connectivity index (χ0v) is 18.6. The van der Waals surface area contributed by atoms with E-state index < -0.39 is 0 Å². The lowest BCUT2D eigenvalue weighted by Gasteiger charge is -2.34. The first-order chi connectivity index (χ1) is 14.6. The van der Waals surface area contributed by atoms with Crippen molar-refractivity contribution in [3.8, 4) is 0 Å². The van der Waals surface area contributed by atoms with E-state index in [1.54, 1.807) is 0 Å². The number of carbonyl (C=O) groups is 1. The van der Waals surface area contributed by atoms with Crippen molar-refractivity contribution in [2.45, 2.75) is 51.6 Å². The Balaban J connectivity index is 1.80. The zero-order valence-electron chi connectivity index (χ0n) is 18.6. The van der Waals surface area contributed by atoms with Gasteiger partial charge in [-0.05, 0) is 43.0 Å². The van der Waals surface area contributed by atoms with Gasteiger partial charge in [-0.2, -0.15) is 0 Å². The number of likely N-dealkylation sites (tertiary alicyclic amines) is 1. The van der Waals surface area contributed by atoms with E-state index in [4.69, 9.17) is 0 Å². The van der Waals surface area contributed by atoms with Crippen molar-refractivity contribution in [2.75, 3.05) is 31.1 Å². The summed E-state index contributed by atoms with van der Waals surface area (Å²) < 4.78 is 0. The number of carbonyl (C=O) groups excluding carboxylic acids is 1. The molecule has 2 aromatic carbocycles. The van der Waals surface area contributed by atoms with Crippen LogP contribution in [0.3, 0.4) is 0 Å². The van der Waals surface area contributed by atoms with Gasteiger partial charge in [-0.15, -0.1) is 0 Å². The molecule has 4 rings (SSSR count). The van der Waals surface area contributed by atoms with E-state index in [0.29, 0.717) is 11.8 Å². The van der Waals surface area contributed by atoms with Crippen LogP contribution in [0.4, 0.5) is 10.5 Å². The molecule has 2 amide bonds. The molecule has 2 aliphatic rings. The maximum atomic E-state index is 13.7. The van der Waals surface area contributed by atoms with Crippen molar-refractivity contribution in [3.05, 3.63) is 66.2 Å². The number of nitrogens with zero attached hydrogens (tertiary/aromatic N) is 3. The molecule has 30 heavy (non-hydrogen) atoms. The Hall–Kier alpha value is -2.33. The van der Waals surface area contributed by atoms with E-state index in [9.17, 15) is 4.79 Å². The number of benzene rings is 2. The molecule has 0 bridgehead atoms. The summed E-state index contributed by atoms with van der Waals surface area (Å²) in [5.41, 5.74) is 2.37. The van der Waals surface area contributed by atoms with E-state index in [1.165, 1.54) is 5.56 Å². The van der Waals surface area contributed by atoms with Crippen LogP contribution in [0.25, 0.3) is 0 Å². The molecule has 2 saturated heterocycles. The van der Waals surface area contributed by atoms with E-state index in [-0.39, 0.29) is 18.1 Å². The molecule has 0 unspecified atom stereocenters. The van der Waals surface area contributed by atoms with Gasteiger partial charge in [-0.25, -0.2) is 4.79 Å². The van der Waals surface area contributed by atoms with E-state index in [2.05, 4.69) is 77.9 Å². The minimum absolute atomic E-state index is 0.155. The molecule has 0 radical (unpaired) electrons. The molecule has 0 spiro atoms. The highest BCUT2D eigenvalue weighted by atomic mass is 16.2. The van der Waals surface area contributed by atoms with E-state index >= 15 is 0 Å². The predicted octanol–water partition coefficient (Wildman–Crippen LogP) is 5.22. The quantitative estimate of drug-likeness (QED) is 0.659. The van der Waals surface area contributed by atoms with Gasteiger partial charge in [0, 0.05) is 31.2 Å². The molecule has 3 atom stereocenters. The Morgan fingerprint density at radius 2 is 1.67 bits per heavy atom. The van der Waals surface area contributed by atoms with Gasteiger partial charge < -0.3 is 9.80 Å². The molecular formula is C26H35N3O. The zero-order chi connectivity index (χ0) is 21.1. The second kappa shape index (κ2) is 9.22. The molecule has 2 aromatic rings. The van der Waals surface area contributed by atoms with Crippen LogP contribution in [-0.2, 0) is 0 Å². The first-order valence-electron chi connectivity index (χ1n) is 11.5. The summed E-state index contributed by atoms with van der Waals surface area (Å²) in [6.07, 6.45) is 2.20. The number of hydrogen-bond acceptors (Lipinski definition) is 2. The van der Waals surface area contributed by atoms with Gasteiger partial charge in [0.2, 0.25) is 0 Å². The lowest BCUT2D eigenvalue weighted by molar-refractivity contribution is 0.186. The van der Waals surface area contributed by atoms with Gasteiger partial charge in [-0.3, -0.25) is 4.90 Å². The summed E-state index contributed by atoms with van der Waals surface area (Å²) in [7, 11) is 0. The Morgan fingerprint density at radius 1 is 1.00 bits per heavy atom. The molecule has 0 N–H and O–H groups in total. The number of para-hydroxylation sites is 1. The smallest absolute Gasteiger partial charge is 0.319 e. The Labute approximate surface area is 181 Å². The van der Waals surface area contributed by atoms with Gasteiger partial charge >= 0.3 is 6.03 Å². The third kappa shape index (κ3) is 4.11. The van der Waals surface area contributed by atoms with Crippen LogP contribution in [-0.4, -0.2) is 54.1 Å².